The highest BCUT2D eigenvalue weighted by Gasteiger charge is 1.98. The lowest BCUT2D eigenvalue weighted by atomic mass is 10.0. The molecule has 0 radical (unpaired) electrons. The van der Waals surface area contributed by atoms with Crippen LogP contribution in [0.2, 0.25) is 0 Å². The maximum Gasteiger partial charge on any atom is 0.0249 e. The third-order valence-electron chi connectivity index (χ3n) is 5.34. The average Bonchev–Trinajstić information content (AvgIpc) is 2.77. The minimum Gasteiger partial charge on any atom is -0.0654 e. The molecule has 3 aromatic carbocycles. The second-order valence-electron chi connectivity index (χ2n) is 7.81. The first-order valence-corrected chi connectivity index (χ1v) is 11.0. The van der Waals surface area contributed by atoms with Gasteiger partial charge in [0.2, 0.25) is 0 Å². The van der Waals surface area contributed by atoms with Crippen LogP contribution in [0.4, 0.5) is 0 Å². The van der Waals surface area contributed by atoms with Crippen LogP contribution in [-0.4, -0.2) is 0 Å². The lowest BCUT2D eigenvalue weighted by Gasteiger charge is -2.04. The molecule has 0 heterocycles. The summed E-state index contributed by atoms with van der Waals surface area (Å²) in [6, 6.07) is 26.5. The van der Waals surface area contributed by atoms with Gasteiger partial charge in [0.05, 0.1) is 0 Å². The second kappa shape index (κ2) is 11.3. The fourth-order valence-electron chi connectivity index (χ4n) is 3.48. The lowest BCUT2D eigenvalue weighted by molar-refractivity contribution is 0.795. The summed E-state index contributed by atoms with van der Waals surface area (Å²) in [6.07, 6.45) is 8.19. The van der Waals surface area contributed by atoms with Gasteiger partial charge in [-0.3, -0.25) is 0 Å². The first-order chi connectivity index (χ1) is 14.3. The summed E-state index contributed by atoms with van der Waals surface area (Å²) in [5.41, 5.74) is 7.79. The van der Waals surface area contributed by atoms with E-state index in [1.165, 1.54) is 47.9 Å². The zero-order valence-corrected chi connectivity index (χ0v) is 17.9. The van der Waals surface area contributed by atoms with Crippen LogP contribution in [0.25, 0.3) is 0 Å². The number of hydrogen-bond acceptors (Lipinski definition) is 0. The van der Waals surface area contributed by atoms with Crippen molar-refractivity contribution in [3.05, 3.63) is 106 Å². The molecule has 0 aliphatic carbocycles. The Morgan fingerprint density at radius 1 is 0.448 bits per heavy atom. The molecule has 3 rings (SSSR count). The Bertz CT molecular complexity index is 917. The number of unbranched alkanes of at least 4 members (excludes halogenated alkanes) is 1. The van der Waals surface area contributed by atoms with Gasteiger partial charge in [0.1, 0.15) is 0 Å². The molecule has 0 fully saturated rings. The van der Waals surface area contributed by atoms with Gasteiger partial charge in [0, 0.05) is 11.1 Å². The molecule has 0 atom stereocenters. The molecular formula is C29H32. The minimum absolute atomic E-state index is 1.07. The lowest BCUT2D eigenvalue weighted by Crippen LogP contribution is -1.92. The van der Waals surface area contributed by atoms with Crippen LogP contribution in [0, 0.1) is 11.8 Å². The van der Waals surface area contributed by atoms with E-state index in [9.17, 15) is 0 Å². The Morgan fingerprint density at radius 2 is 0.828 bits per heavy atom. The molecule has 29 heavy (non-hydrogen) atoms. The summed E-state index contributed by atoms with van der Waals surface area (Å²) in [5.74, 6) is 6.58. The average molecular weight is 381 g/mol. The van der Waals surface area contributed by atoms with Gasteiger partial charge < -0.3 is 0 Å². The van der Waals surface area contributed by atoms with Crippen LogP contribution in [0.15, 0.2) is 72.8 Å². The molecular weight excluding hydrogens is 348 g/mol. The van der Waals surface area contributed by atoms with E-state index < -0.39 is 0 Å². The molecule has 0 unspecified atom stereocenters. The molecule has 0 heteroatoms. The number of aryl methyl sites for hydroxylation is 4. The van der Waals surface area contributed by atoms with Crippen LogP contribution >= 0.6 is 0 Å². The van der Waals surface area contributed by atoms with Crippen LogP contribution in [0.1, 0.15) is 66.5 Å². The summed E-state index contributed by atoms with van der Waals surface area (Å²) < 4.78 is 0. The SMILES string of the molecule is CCCCc1ccc(C#Cc2ccc(CCc3ccc(CCC)cc3)cc2)cc1. The quantitative estimate of drug-likeness (QED) is 0.363. The van der Waals surface area contributed by atoms with Gasteiger partial charge in [-0.15, -0.1) is 0 Å². The molecule has 0 saturated carbocycles. The van der Waals surface area contributed by atoms with Crippen molar-refractivity contribution in [2.45, 2.75) is 58.8 Å². The normalized spacial score (nSPS) is 10.4. The van der Waals surface area contributed by atoms with E-state index in [2.05, 4.69) is 98.5 Å². The Kier molecular flexibility index (Phi) is 8.14. The third kappa shape index (κ3) is 6.95. The van der Waals surface area contributed by atoms with Gasteiger partial charge in [-0.2, -0.15) is 0 Å². The van der Waals surface area contributed by atoms with Crippen molar-refractivity contribution in [2.24, 2.45) is 0 Å². The highest BCUT2D eigenvalue weighted by Crippen LogP contribution is 2.12. The first-order valence-electron chi connectivity index (χ1n) is 11.0. The molecule has 0 spiro atoms. The van der Waals surface area contributed by atoms with Crippen molar-refractivity contribution < 1.29 is 0 Å². The van der Waals surface area contributed by atoms with Crippen LogP contribution in [0.3, 0.4) is 0 Å². The molecule has 0 N–H and O–H groups in total. The molecule has 0 saturated heterocycles. The highest BCUT2D eigenvalue weighted by atomic mass is 14.0. The number of hydrogen-bond donors (Lipinski definition) is 0. The third-order valence-corrected chi connectivity index (χ3v) is 5.34. The van der Waals surface area contributed by atoms with Gasteiger partial charge in [-0.1, -0.05) is 87.1 Å². The number of rotatable bonds is 8. The van der Waals surface area contributed by atoms with E-state index in [1.54, 1.807) is 0 Å². The Balaban J connectivity index is 1.53. The Labute approximate surface area is 177 Å². The van der Waals surface area contributed by atoms with E-state index in [-0.39, 0.29) is 0 Å². The van der Waals surface area contributed by atoms with Crippen molar-refractivity contribution in [2.75, 3.05) is 0 Å². The zero-order valence-electron chi connectivity index (χ0n) is 17.9. The fourth-order valence-corrected chi connectivity index (χ4v) is 3.48. The minimum atomic E-state index is 1.07. The standard InChI is InChI=1S/C29H32/c1-3-5-7-25-10-14-27(15-11-25)17-19-29-22-20-28(21-23-29)18-16-26-12-8-24(6-4-2)9-13-26/h8-15,20-23H,3-7,16,18H2,1-2H3. The van der Waals surface area contributed by atoms with E-state index in [1.807, 2.05) is 0 Å². The van der Waals surface area contributed by atoms with Crippen molar-refractivity contribution in [3.63, 3.8) is 0 Å². The van der Waals surface area contributed by atoms with Gasteiger partial charge in [-0.25, -0.2) is 0 Å². The Morgan fingerprint density at radius 3 is 1.24 bits per heavy atom. The van der Waals surface area contributed by atoms with Crippen molar-refractivity contribution in [1.82, 2.24) is 0 Å². The van der Waals surface area contributed by atoms with E-state index in [0.29, 0.717) is 0 Å². The molecule has 0 amide bonds. The summed E-state index contributed by atoms with van der Waals surface area (Å²) >= 11 is 0. The largest absolute Gasteiger partial charge is 0.0654 e. The maximum atomic E-state index is 3.29. The molecule has 0 nitrogen and oxygen atoms in total. The molecule has 0 bridgehead atoms. The van der Waals surface area contributed by atoms with E-state index in [4.69, 9.17) is 0 Å². The topological polar surface area (TPSA) is 0 Å². The predicted octanol–water partition coefficient (Wildman–Crippen LogP) is 7.17. The van der Waals surface area contributed by atoms with Crippen molar-refractivity contribution in [3.8, 4) is 11.8 Å². The van der Waals surface area contributed by atoms with E-state index in [0.717, 1.165) is 30.4 Å². The fraction of sp³-hybridized carbons (Fsp3) is 0.310. The molecule has 0 aliphatic rings. The van der Waals surface area contributed by atoms with Gasteiger partial charge in [0.15, 0.2) is 0 Å². The number of benzene rings is 3. The molecule has 0 aliphatic heterocycles. The van der Waals surface area contributed by atoms with Gasteiger partial charge in [0.25, 0.3) is 0 Å². The van der Waals surface area contributed by atoms with Gasteiger partial charge in [-0.05, 0) is 78.6 Å². The first kappa shape index (κ1) is 20.9. The predicted molar refractivity (Wildman–Crippen MR) is 125 cm³/mol. The second-order valence-corrected chi connectivity index (χ2v) is 7.81. The van der Waals surface area contributed by atoms with Crippen LogP contribution < -0.4 is 0 Å². The van der Waals surface area contributed by atoms with Crippen molar-refractivity contribution in [1.29, 1.82) is 0 Å². The summed E-state index contributed by atoms with van der Waals surface area (Å²) in [4.78, 5) is 0. The molecule has 3 aromatic rings. The van der Waals surface area contributed by atoms with Crippen LogP contribution in [0.5, 0.6) is 0 Å². The summed E-state index contributed by atoms with van der Waals surface area (Å²) in [5, 5.41) is 0. The monoisotopic (exact) mass is 380 g/mol. The molecule has 0 aromatic heterocycles. The van der Waals surface area contributed by atoms with E-state index >= 15 is 0 Å². The highest BCUT2D eigenvalue weighted by molar-refractivity contribution is 5.44. The smallest absolute Gasteiger partial charge is 0.0249 e. The van der Waals surface area contributed by atoms with Gasteiger partial charge >= 0.3 is 0 Å². The zero-order chi connectivity index (χ0) is 20.3. The maximum absolute atomic E-state index is 3.29. The van der Waals surface area contributed by atoms with Crippen LogP contribution in [-0.2, 0) is 25.7 Å². The molecule has 148 valence electrons. The summed E-state index contributed by atoms with van der Waals surface area (Å²) in [7, 11) is 0. The Hall–Kier alpha value is -2.78. The van der Waals surface area contributed by atoms with Crippen molar-refractivity contribution >= 4 is 0 Å². The summed E-state index contributed by atoms with van der Waals surface area (Å²) in [6.45, 7) is 4.46.